The third kappa shape index (κ3) is 2.03. The summed E-state index contributed by atoms with van der Waals surface area (Å²) in [5.41, 5.74) is 5.50. The summed E-state index contributed by atoms with van der Waals surface area (Å²) >= 11 is 0. The van der Waals surface area contributed by atoms with Gasteiger partial charge in [0.05, 0.1) is 5.41 Å². The molecule has 1 fully saturated rings. The second-order valence-electron chi connectivity index (χ2n) is 4.49. The van der Waals surface area contributed by atoms with Gasteiger partial charge in [-0.3, -0.25) is 4.79 Å². The maximum absolute atomic E-state index is 13.7. The summed E-state index contributed by atoms with van der Waals surface area (Å²) in [7, 11) is 0. The lowest BCUT2D eigenvalue weighted by Gasteiger charge is -2.43. The number of nitrogens with two attached hydrogens (primary N) is 1. The Morgan fingerprint density at radius 3 is 2.53 bits per heavy atom. The van der Waals surface area contributed by atoms with Crippen LogP contribution in [0.25, 0.3) is 0 Å². The van der Waals surface area contributed by atoms with Gasteiger partial charge in [-0.15, -0.1) is 12.4 Å². The minimum absolute atomic E-state index is 0. The molecule has 5 heteroatoms. The van der Waals surface area contributed by atoms with Gasteiger partial charge in [0, 0.05) is 11.6 Å². The molecule has 0 radical (unpaired) electrons. The van der Waals surface area contributed by atoms with Crippen molar-refractivity contribution < 1.29 is 14.3 Å². The predicted molar refractivity (Wildman–Crippen MR) is 64.9 cm³/mol. The molecule has 0 heterocycles. The highest BCUT2D eigenvalue weighted by Crippen LogP contribution is 2.45. The van der Waals surface area contributed by atoms with Crippen LogP contribution in [0.3, 0.4) is 0 Å². The normalized spacial score (nSPS) is 26.9. The molecule has 1 aliphatic carbocycles. The lowest BCUT2D eigenvalue weighted by atomic mass is 9.61. The van der Waals surface area contributed by atoms with Crippen molar-refractivity contribution in [3.63, 3.8) is 0 Å². The molecule has 2 rings (SSSR count). The standard InChI is InChI=1S/C12H14FNO2.ClH/c1-7-3-2-4-9(13)10(7)12(11(15)16)5-8(14)6-12;/h2-4,8H,5-6,14H2,1H3,(H,15,16);1H. The van der Waals surface area contributed by atoms with E-state index in [0.717, 1.165) is 0 Å². The molecule has 1 aromatic carbocycles. The molecule has 1 saturated carbocycles. The number of carbonyl (C=O) groups is 1. The fourth-order valence-corrected chi connectivity index (χ4v) is 2.56. The molecule has 0 amide bonds. The third-order valence-corrected chi connectivity index (χ3v) is 3.33. The first-order valence-corrected chi connectivity index (χ1v) is 5.22. The highest BCUT2D eigenvalue weighted by atomic mass is 35.5. The van der Waals surface area contributed by atoms with Crippen LogP contribution in [0.15, 0.2) is 18.2 Å². The van der Waals surface area contributed by atoms with E-state index in [2.05, 4.69) is 0 Å². The lowest BCUT2D eigenvalue weighted by Crippen LogP contribution is -2.54. The van der Waals surface area contributed by atoms with Gasteiger partial charge in [0.25, 0.3) is 0 Å². The number of hydrogen-bond acceptors (Lipinski definition) is 2. The monoisotopic (exact) mass is 259 g/mol. The molecule has 0 unspecified atom stereocenters. The maximum Gasteiger partial charge on any atom is 0.314 e. The average molecular weight is 260 g/mol. The van der Waals surface area contributed by atoms with Crippen molar-refractivity contribution in [3.8, 4) is 0 Å². The number of carboxylic acid groups (broad SMARTS) is 1. The minimum Gasteiger partial charge on any atom is -0.481 e. The largest absolute Gasteiger partial charge is 0.481 e. The quantitative estimate of drug-likeness (QED) is 0.854. The number of benzene rings is 1. The van der Waals surface area contributed by atoms with E-state index in [-0.39, 0.29) is 18.4 Å². The van der Waals surface area contributed by atoms with Gasteiger partial charge in [-0.1, -0.05) is 12.1 Å². The van der Waals surface area contributed by atoms with Gasteiger partial charge >= 0.3 is 5.97 Å². The van der Waals surface area contributed by atoms with Crippen molar-refractivity contribution in [2.45, 2.75) is 31.2 Å². The van der Waals surface area contributed by atoms with Gasteiger partial charge < -0.3 is 10.8 Å². The topological polar surface area (TPSA) is 63.3 Å². The molecular formula is C12H15ClFNO2. The summed E-state index contributed by atoms with van der Waals surface area (Å²) in [6.45, 7) is 1.73. The summed E-state index contributed by atoms with van der Waals surface area (Å²) in [4.78, 5) is 11.3. The number of aryl methyl sites for hydroxylation is 1. The smallest absolute Gasteiger partial charge is 0.314 e. The Balaban J connectivity index is 0.00000144. The van der Waals surface area contributed by atoms with Gasteiger partial charge in [0.2, 0.25) is 0 Å². The first-order valence-electron chi connectivity index (χ1n) is 5.22. The van der Waals surface area contributed by atoms with E-state index in [4.69, 9.17) is 5.73 Å². The van der Waals surface area contributed by atoms with Gasteiger partial charge in [0.1, 0.15) is 5.82 Å². The van der Waals surface area contributed by atoms with E-state index < -0.39 is 17.2 Å². The zero-order chi connectivity index (χ0) is 11.9. The Kier molecular flexibility index (Phi) is 3.79. The molecule has 17 heavy (non-hydrogen) atoms. The molecule has 0 aromatic heterocycles. The van der Waals surface area contributed by atoms with Gasteiger partial charge in [0.15, 0.2) is 0 Å². The minimum atomic E-state index is -1.12. The number of halogens is 2. The van der Waals surface area contributed by atoms with E-state index in [9.17, 15) is 14.3 Å². The highest BCUT2D eigenvalue weighted by molar-refractivity contribution is 5.85. The second-order valence-corrected chi connectivity index (χ2v) is 4.49. The molecule has 0 atom stereocenters. The number of hydrogen-bond donors (Lipinski definition) is 2. The van der Waals surface area contributed by atoms with Crippen molar-refractivity contribution in [1.29, 1.82) is 0 Å². The van der Waals surface area contributed by atoms with Crippen molar-refractivity contribution in [2.24, 2.45) is 5.73 Å². The number of carboxylic acids is 1. The molecule has 1 aromatic rings. The molecule has 0 spiro atoms. The van der Waals surface area contributed by atoms with Crippen molar-refractivity contribution in [2.75, 3.05) is 0 Å². The number of aliphatic carboxylic acids is 1. The summed E-state index contributed by atoms with van der Waals surface area (Å²) < 4.78 is 13.7. The van der Waals surface area contributed by atoms with Crippen LogP contribution in [0.5, 0.6) is 0 Å². The highest BCUT2D eigenvalue weighted by Gasteiger charge is 2.52. The summed E-state index contributed by atoms with van der Waals surface area (Å²) in [5.74, 6) is -1.43. The Morgan fingerprint density at radius 2 is 2.12 bits per heavy atom. The van der Waals surface area contributed by atoms with E-state index in [0.29, 0.717) is 24.0 Å². The van der Waals surface area contributed by atoms with Gasteiger partial charge in [-0.25, -0.2) is 4.39 Å². The van der Waals surface area contributed by atoms with Crippen LogP contribution >= 0.6 is 12.4 Å². The SMILES string of the molecule is Cc1cccc(F)c1C1(C(=O)O)CC(N)C1.Cl. The lowest BCUT2D eigenvalue weighted by molar-refractivity contribution is -0.148. The predicted octanol–water partition coefficient (Wildman–Crippen LogP) is 2.00. The molecule has 1 aliphatic rings. The fraction of sp³-hybridized carbons (Fsp3) is 0.417. The van der Waals surface area contributed by atoms with Crippen LogP contribution < -0.4 is 5.73 Å². The molecule has 0 aliphatic heterocycles. The Labute approximate surface area is 105 Å². The first-order chi connectivity index (χ1) is 7.47. The summed E-state index contributed by atoms with van der Waals surface area (Å²) in [6.07, 6.45) is 0.619. The summed E-state index contributed by atoms with van der Waals surface area (Å²) in [5, 5.41) is 9.28. The zero-order valence-corrected chi connectivity index (χ0v) is 10.3. The van der Waals surface area contributed by atoms with Crippen LogP contribution in [-0.4, -0.2) is 17.1 Å². The van der Waals surface area contributed by atoms with Crippen LogP contribution in [0.4, 0.5) is 4.39 Å². The zero-order valence-electron chi connectivity index (χ0n) is 9.44. The number of rotatable bonds is 2. The van der Waals surface area contributed by atoms with Gasteiger partial charge in [-0.05, 0) is 31.4 Å². The molecule has 3 nitrogen and oxygen atoms in total. The van der Waals surface area contributed by atoms with Crippen LogP contribution in [0.2, 0.25) is 0 Å². The summed E-state index contributed by atoms with van der Waals surface area (Å²) in [6, 6.07) is 4.47. The van der Waals surface area contributed by atoms with E-state index >= 15 is 0 Å². The third-order valence-electron chi connectivity index (χ3n) is 3.33. The molecular weight excluding hydrogens is 245 g/mol. The average Bonchev–Trinajstić information content (AvgIpc) is 2.13. The second kappa shape index (κ2) is 4.63. The van der Waals surface area contributed by atoms with Crippen molar-refractivity contribution >= 4 is 18.4 Å². The van der Waals surface area contributed by atoms with Gasteiger partial charge in [-0.2, -0.15) is 0 Å². The Morgan fingerprint density at radius 1 is 1.53 bits per heavy atom. The van der Waals surface area contributed by atoms with Crippen LogP contribution in [0, 0.1) is 12.7 Å². The van der Waals surface area contributed by atoms with E-state index in [1.165, 1.54) is 6.07 Å². The van der Waals surface area contributed by atoms with Crippen molar-refractivity contribution in [3.05, 3.63) is 35.1 Å². The first kappa shape index (κ1) is 13.9. The van der Waals surface area contributed by atoms with E-state index in [1.807, 2.05) is 0 Å². The van der Waals surface area contributed by atoms with E-state index in [1.54, 1.807) is 19.1 Å². The van der Waals surface area contributed by atoms with Crippen LogP contribution in [-0.2, 0) is 10.2 Å². The Bertz CT molecular complexity index is 424. The van der Waals surface area contributed by atoms with Crippen molar-refractivity contribution in [1.82, 2.24) is 0 Å². The molecule has 94 valence electrons. The maximum atomic E-state index is 13.7. The van der Waals surface area contributed by atoms with Crippen LogP contribution in [0.1, 0.15) is 24.0 Å². The Hall–Kier alpha value is -1.13. The fourth-order valence-electron chi connectivity index (χ4n) is 2.56. The molecule has 3 N–H and O–H groups in total. The molecule has 0 saturated heterocycles. The molecule has 0 bridgehead atoms.